The Labute approximate surface area is 276 Å². The van der Waals surface area contributed by atoms with Crippen LogP contribution in [0.3, 0.4) is 0 Å². The van der Waals surface area contributed by atoms with Gasteiger partial charge in [0.2, 0.25) is 3.79 Å². The number of epoxide rings is 1. The quantitative estimate of drug-likeness (QED) is 0.0485. The molecule has 45 heavy (non-hydrogen) atoms. The highest BCUT2D eigenvalue weighted by atomic mass is 35.6. The number of hydrogen-bond acceptors (Lipinski definition) is 10. The van der Waals surface area contributed by atoms with E-state index in [0.717, 1.165) is 12.0 Å². The van der Waals surface area contributed by atoms with Crippen LogP contribution in [0.5, 0.6) is 0 Å². The predicted molar refractivity (Wildman–Crippen MR) is 163 cm³/mol. The van der Waals surface area contributed by atoms with Crippen molar-refractivity contribution in [2.24, 2.45) is 10.8 Å². The first kappa shape index (κ1) is 34.0. The lowest BCUT2D eigenvalue weighted by atomic mass is 9.51. The number of Topliss-reactive ketones (excluding diaryl/α,β-unsaturated/α-hetero) is 1. The second-order valence-corrected chi connectivity index (χ2v) is 14.9. The van der Waals surface area contributed by atoms with E-state index in [1.165, 1.54) is 0 Å². The van der Waals surface area contributed by atoms with Gasteiger partial charge in [-0.15, -0.1) is 0 Å². The molecule has 2 aliphatic carbocycles. The van der Waals surface area contributed by atoms with Crippen molar-refractivity contribution < 1.29 is 47.6 Å². The van der Waals surface area contributed by atoms with Crippen molar-refractivity contribution in [1.29, 1.82) is 0 Å². The number of benzene rings is 1. The molecule has 0 N–H and O–H groups in total. The van der Waals surface area contributed by atoms with Crippen LogP contribution in [0.15, 0.2) is 42.0 Å². The molecule has 10 nitrogen and oxygen atoms in total. The van der Waals surface area contributed by atoms with E-state index in [-0.39, 0.29) is 44.0 Å². The monoisotopic (exact) mass is 686 g/mol. The number of carbonyl (C=O) groups excluding carboxylic acids is 4. The number of allylic oxidation sites excluding steroid dienone is 1. The summed E-state index contributed by atoms with van der Waals surface area (Å²) >= 11 is 17.2. The zero-order chi connectivity index (χ0) is 32.5. The molecule has 6 atom stereocenters. The van der Waals surface area contributed by atoms with Crippen molar-refractivity contribution in [2.75, 3.05) is 26.4 Å². The van der Waals surface area contributed by atoms with Crippen molar-refractivity contribution in [3.63, 3.8) is 0 Å². The summed E-state index contributed by atoms with van der Waals surface area (Å²) in [5.74, 6) is -1.20. The zero-order valence-corrected chi connectivity index (χ0v) is 27.5. The number of carbonyl (C=O) groups is 4. The molecule has 13 heteroatoms. The molecule has 2 aliphatic heterocycles. The van der Waals surface area contributed by atoms with Gasteiger partial charge >= 0.3 is 18.1 Å². The molecular weight excluding hydrogens is 651 g/mol. The van der Waals surface area contributed by atoms with Crippen LogP contribution in [-0.4, -0.2) is 78.0 Å². The Morgan fingerprint density at radius 2 is 1.67 bits per heavy atom. The molecular formula is C32H37Cl3O10. The fraction of sp³-hybridized carbons (Fsp3) is 0.625. The first-order valence-electron chi connectivity index (χ1n) is 15.1. The minimum absolute atomic E-state index is 0.0291. The third-order valence-corrected chi connectivity index (χ3v) is 10.1. The van der Waals surface area contributed by atoms with Crippen LogP contribution in [0.4, 0.5) is 4.79 Å². The first-order chi connectivity index (χ1) is 21.3. The van der Waals surface area contributed by atoms with Crippen LogP contribution in [0, 0.1) is 10.8 Å². The SMILES string of the molecule is CC1=C[C@H]2O[C@@H]3C[C@@H](OC(=O)OCC(Cl)(Cl)Cl)[C@@](C)(C34CO4)[C@@]2(COC(=O)CCCCC(=O)OCC(=O)c2ccccc2)CC1. The van der Waals surface area contributed by atoms with Crippen molar-refractivity contribution in [3.8, 4) is 0 Å². The molecule has 2 saturated heterocycles. The van der Waals surface area contributed by atoms with E-state index in [1.54, 1.807) is 30.3 Å². The van der Waals surface area contributed by atoms with E-state index in [1.807, 2.05) is 13.8 Å². The molecule has 3 fully saturated rings. The number of halogens is 3. The van der Waals surface area contributed by atoms with E-state index in [9.17, 15) is 19.2 Å². The number of unbranched alkanes of at least 4 members (excludes halogenated alkanes) is 1. The summed E-state index contributed by atoms with van der Waals surface area (Å²) in [5, 5.41) is 0. The van der Waals surface area contributed by atoms with Crippen LogP contribution in [-0.2, 0) is 38.0 Å². The average molecular weight is 688 g/mol. The maximum Gasteiger partial charge on any atom is 0.508 e. The smallest absolute Gasteiger partial charge is 0.465 e. The molecule has 2 bridgehead atoms. The Hall–Kier alpha value is -2.37. The summed E-state index contributed by atoms with van der Waals surface area (Å²) in [6, 6.07) is 8.59. The van der Waals surface area contributed by atoms with Gasteiger partial charge in [-0.3, -0.25) is 14.4 Å². The van der Waals surface area contributed by atoms with E-state index in [4.69, 9.17) is 63.2 Å². The Morgan fingerprint density at radius 1 is 1.00 bits per heavy atom. The lowest BCUT2D eigenvalue weighted by Crippen LogP contribution is -2.66. The standard InChI is InChI=1S/C32H37Cl3O10/c1-20-12-13-30(17-41-27(38)11-7-6-10-26(37)40-16-22(36)21-8-4-3-5-9-21)24(14-20)44-25-15-23(29(30,2)31(25)18-43-31)45-28(39)42-19-32(33,34)35/h3-5,8-9,14,23-25H,6-7,10-13,15-19H2,1-2H3/t23-,24-,25-,29-,30-,31?/m1/s1. The molecule has 0 aromatic heterocycles. The van der Waals surface area contributed by atoms with Gasteiger partial charge in [0.1, 0.15) is 24.9 Å². The van der Waals surface area contributed by atoms with E-state index < -0.39 is 51.0 Å². The zero-order valence-electron chi connectivity index (χ0n) is 25.2. The maximum absolute atomic E-state index is 12.9. The minimum Gasteiger partial charge on any atom is -0.465 e. The van der Waals surface area contributed by atoms with Gasteiger partial charge in [-0.2, -0.15) is 0 Å². The summed E-state index contributed by atoms with van der Waals surface area (Å²) < 4.78 is 32.8. The summed E-state index contributed by atoms with van der Waals surface area (Å²) in [5.41, 5.74) is -0.584. The van der Waals surface area contributed by atoms with Gasteiger partial charge in [-0.25, -0.2) is 4.79 Å². The highest BCUT2D eigenvalue weighted by Gasteiger charge is 2.83. The molecule has 2 heterocycles. The summed E-state index contributed by atoms with van der Waals surface area (Å²) in [4.78, 5) is 49.9. The second-order valence-electron chi connectivity index (χ2n) is 12.4. The van der Waals surface area contributed by atoms with Gasteiger partial charge in [-0.05, 0) is 32.6 Å². The second kappa shape index (κ2) is 13.4. The van der Waals surface area contributed by atoms with Gasteiger partial charge in [0, 0.05) is 30.2 Å². The van der Waals surface area contributed by atoms with Crippen molar-refractivity contribution in [2.45, 2.75) is 86.5 Å². The number of rotatable bonds is 12. The third-order valence-electron chi connectivity index (χ3n) is 9.77. The number of ether oxygens (including phenoxy) is 6. The summed E-state index contributed by atoms with van der Waals surface area (Å²) in [7, 11) is 0. The van der Waals surface area contributed by atoms with E-state index in [2.05, 4.69) is 6.08 Å². The third kappa shape index (κ3) is 7.00. The lowest BCUT2D eigenvalue weighted by molar-refractivity contribution is -0.231. The minimum atomic E-state index is -1.79. The van der Waals surface area contributed by atoms with Gasteiger partial charge < -0.3 is 28.4 Å². The van der Waals surface area contributed by atoms with Gasteiger partial charge in [0.25, 0.3) is 0 Å². The van der Waals surface area contributed by atoms with Crippen molar-refractivity contribution >= 4 is 58.7 Å². The lowest BCUT2D eigenvalue weighted by Gasteiger charge is -2.58. The summed E-state index contributed by atoms with van der Waals surface area (Å²) in [6.07, 6.45) is 2.44. The molecule has 4 aliphatic rings. The topological polar surface area (TPSA) is 127 Å². The normalized spacial score (nSPS) is 31.4. The Morgan fingerprint density at radius 3 is 2.31 bits per heavy atom. The molecule has 1 aromatic carbocycles. The van der Waals surface area contributed by atoms with Gasteiger partial charge in [-0.1, -0.05) is 83.7 Å². The molecule has 0 amide bonds. The molecule has 1 aromatic rings. The van der Waals surface area contributed by atoms with Crippen LogP contribution in [0.2, 0.25) is 0 Å². The highest BCUT2D eigenvalue weighted by molar-refractivity contribution is 6.67. The van der Waals surface area contributed by atoms with Crippen LogP contribution in [0.25, 0.3) is 0 Å². The predicted octanol–water partition coefficient (Wildman–Crippen LogP) is 6.08. The average Bonchev–Trinajstić information content (AvgIpc) is 3.79. The number of alkyl halides is 3. The number of fused-ring (bicyclic) bond motifs is 2. The van der Waals surface area contributed by atoms with Crippen LogP contribution < -0.4 is 0 Å². The number of hydrogen-bond donors (Lipinski definition) is 0. The molecule has 1 unspecified atom stereocenters. The van der Waals surface area contributed by atoms with E-state index >= 15 is 0 Å². The maximum atomic E-state index is 12.9. The summed E-state index contributed by atoms with van der Waals surface area (Å²) in [6.45, 7) is 3.70. The number of esters is 2. The van der Waals surface area contributed by atoms with Crippen molar-refractivity contribution in [1.82, 2.24) is 0 Å². The fourth-order valence-electron chi connectivity index (χ4n) is 7.17. The van der Waals surface area contributed by atoms with Crippen LogP contribution >= 0.6 is 34.8 Å². The van der Waals surface area contributed by atoms with E-state index in [0.29, 0.717) is 37.9 Å². The Bertz CT molecular complexity index is 1320. The van der Waals surface area contributed by atoms with Gasteiger partial charge in [0.05, 0.1) is 24.2 Å². The first-order valence-corrected chi connectivity index (χ1v) is 16.2. The molecule has 0 radical (unpaired) electrons. The molecule has 1 spiro atoms. The number of ketones is 1. The molecule has 246 valence electrons. The highest BCUT2D eigenvalue weighted by Crippen LogP contribution is 2.72. The van der Waals surface area contributed by atoms with Gasteiger partial charge in [0.15, 0.2) is 12.4 Å². The van der Waals surface area contributed by atoms with Crippen LogP contribution in [0.1, 0.15) is 69.2 Å². The Balaban J connectivity index is 1.17. The molecule has 5 rings (SSSR count). The molecule has 1 saturated carbocycles. The fourth-order valence-corrected chi connectivity index (χ4v) is 7.33. The largest absolute Gasteiger partial charge is 0.508 e. The Kier molecular flexibility index (Phi) is 10.1. The van der Waals surface area contributed by atoms with Crippen molar-refractivity contribution in [3.05, 3.63) is 47.5 Å².